The highest BCUT2D eigenvalue weighted by Gasteiger charge is 2.39. The molecule has 2 aromatic carbocycles. The van der Waals surface area contributed by atoms with E-state index in [-0.39, 0.29) is 41.2 Å². The van der Waals surface area contributed by atoms with E-state index in [4.69, 9.17) is 0 Å². The zero-order valence-corrected chi connectivity index (χ0v) is 19.3. The first-order valence-corrected chi connectivity index (χ1v) is 12.1. The van der Waals surface area contributed by atoms with Crippen LogP contribution in [-0.2, 0) is 27.5 Å². The van der Waals surface area contributed by atoms with Gasteiger partial charge in [-0.15, -0.1) is 0 Å². The fourth-order valence-electron chi connectivity index (χ4n) is 3.86. The van der Waals surface area contributed by atoms with Gasteiger partial charge in [-0.05, 0) is 60.9 Å². The second kappa shape index (κ2) is 9.90. The lowest BCUT2D eigenvalue weighted by atomic mass is 10.1. The van der Waals surface area contributed by atoms with Crippen molar-refractivity contribution in [2.45, 2.75) is 36.5 Å². The second-order valence-corrected chi connectivity index (χ2v) is 9.97. The summed E-state index contributed by atoms with van der Waals surface area (Å²) < 4.78 is 92.5. The van der Waals surface area contributed by atoms with Gasteiger partial charge in [-0.3, -0.25) is 9.78 Å². The Hall–Kier alpha value is -3.45. The van der Waals surface area contributed by atoms with Gasteiger partial charge in [0.2, 0.25) is 15.9 Å². The summed E-state index contributed by atoms with van der Waals surface area (Å²) in [6.07, 6.45) is -2.55. The lowest BCUT2D eigenvalue weighted by Gasteiger charge is -2.23. The van der Waals surface area contributed by atoms with Crippen molar-refractivity contribution in [2.24, 2.45) is 0 Å². The molecule has 0 spiro atoms. The molecule has 190 valence electrons. The van der Waals surface area contributed by atoms with Gasteiger partial charge in [0.1, 0.15) is 17.7 Å². The number of rotatable bonds is 6. The van der Waals surface area contributed by atoms with E-state index in [0.29, 0.717) is 12.6 Å². The van der Waals surface area contributed by atoms with Crippen LogP contribution in [0.15, 0.2) is 59.8 Å². The summed E-state index contributed by atoms with van der Waals surface area (Å²) in [4.78, 5) is 19.7. The number of hydrogen-bond acceptors (Lipinski definition) is 5. The maximum atomic E-state index is 14.2. The zero-order chi connectivity index (χ0) is 26.1. The number of sulfonamides is 1. The fraction of sp³-hybridized carbons (Fsp3) is 0.261. The van der Waals surface area contributed by atoms with E-state index in [1.807, 2.05) is 0 Å². The van der Waals surface area contributed by atoms with Crippen LogP contribution in [-0.4, -0.2) is 41.2 Å². The monoisotopic (exact) mass is 526 g/mol. The number of halogens is 5. The van der Waals surface area contributed by atoms with E-state index in [9.17, 15) is 35.2 Å². The molecule has 0 radical (unpaired) electrons. The van der Waals surface area contributed by atoms with Crippen molar-refractivity contribution in [3.8, 4) is 11.3 Å². The summed E-state index contributed by atoms with van der Waals surface area (Å²) in [5.41, 5.74) is -0.748. The van der Waals surface area contributed by atoms with Crippen molar-refractivity contribution < 1.29 is 35.2 Å². The molecule has 1 fully saturated rings. The quantitative estimate of drug-likeness (QED) is 0.492. The predicted molar refractivity (Wildman–Crippen MR) is 118 cm³/mol. The first kappa shape index (κ1) is 25.6. The molecule has 13 heteroatoms. The van der Waals surface area contributed by atoms with Crippen molar-refractivity contribution in [3.63, 3.8) is 0 Å². The Morgan fingerprint density at radius 3 is 2.39 bits per heavy atom. The minimum atomic E-state index is -4.67. The standard InChI is InChI=1S/C23H19F5N4O3S/c24-16-3-5-18(6-4-16)36(34,35)32-7-1-2-20(32)22(33)31-11-14-8-15(10-17(25)9-14)19-12-30-21(13-29-19)23(26,27)28/h3-6,8-10,12-13,20H,1-2,7,11H2,(H,31,33)/t20-/m0/s1. The minimum absolute atomic E-state index is 0.00226. The van der Waals surface area contributed by atoms with E-state index in [1.54, 1.807) is 0 Å². The van der Waals surface area contributed by atoms with E-state index >= 15 is 0 Å². The molecule has 1 aromatic heterocycles. The SMILES string of the molecule is O=C(NCc1cc(F)cc(-c2cnc(C(F)(F)F)cn2)c1)[C@@H]1CCCN1S(=O)(=O)c1ccc(F)cc1. The predicted octanol–water partition coefficient (Wildman–Crippen LogP) is 3.91. The van der Waals surface area contributed by atoms with Crippen LogP contribution in [0.3, 0.4) is 0 Å². The molecule has 0 aliphatic carbocycles. The summed E-state index contributed by atoms with van der Waals surface area (Å²) in [5, 5.41) is 2.58. The van der Waals surface area contributed by atoms with Gasteiger partial charge in [-0.25, -0.2) is 22.2 Å². The molecule has 1 saturated heterocycles. The normalized spacial score (nSPS) is 16.8. The lowest BCUT2D eigenvalue weighted by molar-refractivity contribution is -0.141. The maximum Gasteiger partial charge on any atom is 0.434 e. The molecule has 4 rings (SSSR count). The molecule has 1 N–H and O–H groups in total. The van der Waals surface area contributed by atoms with Crippen molar-refractivity contribution >= 4 is 15.9 Å². The van der Waals surface area contributed by atoms with Gasteiger partial charge in [-0.1, -0.05) is 0 Å². The number of nitrogens with one attached hydrogen (secondary N) is 1. The summed E-state index contributed by atoms with van der Waals surface area (Å²) in [6.45, 7) is -0.0624. The molecule has 3 aromatic rings. The maximum absolute atomic E-state index is 14.2. The van der Waals surface area contributed by atoms with Crippen LogP contribution in [0.2, 0.25) is 0 Å². The van der Waals surface area contributed by atoms with Crippen molar-refractivity contribution in [1.29, 1.82) is 0 Å². The second-order valence-electron chi connectivity index (χ2n) is 8.08. The molecular weight excluding hydrogens is 507 g/mol. The Morgan fingerprint density at radius 2 is 1.75 bits per heavy atom. The largest absolute Gasteiger partial charge is 0.434 e. The van der Waals surface area contributed by atoms with Gasteiger partial charge in [0.25, 0.3) is 0 Å². The van der Waals surface area contributed by atoms with Crippen molar-refractivity contribution in [3.05, 3.63) is 77.8 Å². The highest BCUT2D eigenvalue weighted by atomic mass is 32.2. The van der Waals surface area contributed by atoms with Crippen LogP contribution in [0.25, 0.3) is 11.3 Å². The average Bonchev–Trinajstić information content (AvgIpc) is 3.33. The van der Waals surface area contributed by atoms with Gasteiger partial charge in [0, 0.05) is 18.7 Å². The molecule has 0 saturated carbocycles. The van der Waals surface area contributed by atoms with Crippen molar-refractivity contribution in [2.75, 3.05) is 6.54 Å². The Labute approximate surface area is 203 Å². The molecule has 0 unspecified atom stereocenters. The Morgan fingerprint density at radius 1 is 1.03 bits per heavy atom. The summed E-state index contributed by atoms with van der Waals surface area (Å²) in [7, 11) is -4.05. The van der Waals surface area contributed by atoms with Crippen LogP contribution < -0.4 is 5.32 Å². The van der Waals surface area contributed by atoms with Crippen LogP contribution in [0.5, 0.6) is 0 Å². The number of aromatic nitrogens is 2. The first-order chi connectivity index (χ1) is 16.9. The molecule has 2 heterocycles. The Bertz CT molecular complexity index is 1360. The van der Waals surface area contributed by atoms with Gasteiger partial charge < -0.3 is 5.32 Å². The van der Waals surface area contributed by atoms with Gasteiger partial charge in [0.05, 0.1) is 23.0 Å². The van der Waals surface area contributed by atoms with Crippen LogP contribution in [0.4, 0.5) is 22.0 Å². The fourth-order valence-corrected chi connectivity index (χ4v) is 5.52. The average molecular weight is 526 g/mol. The third-order valence-corrected chi connectivity index (χ3v) is 7.51. The zero-order valence-electron chi connectivity index (χ0n) is 18.5. The summed E-state index contributed by atoms with van der Waals surface area (Å²) in [5.74, 6) is -1.90. The van der Waals surface area contributed by atoms with Gasteiger partial charge in [-0.2, -0.15) is 17.5 Å². The van der Waals surface area contributed by atoms with Gasteiger partial charge in [0.15, 0.2) is 5.69 Å². The summed E-state index contributed by atoms with van der Waals surface area (Å²) in [6, 6.07) is 6.89. The third-order valence-electron chi connectivity index (χ3n) is 5.59. The Kier molecular flexibility index (Phi) is 7.05. The number of alkyl halides is 3. The molecule has 1 aliphatic heterocycles. The summed E-state index contributed by atoms with van der Waals surface area (Å²) >= 11 is 0. The highest BCUT2D eigenvalue weighted by Crippen LogP contribution is 2.29. The molecule has 7 nitrogen and oxygen atoms in total. The lowest BCUT2D eigenvalue weighted by Crippen LogP contribution is -2.45. The van der Waals surface area contributed by atoms with E-state index in [2.05, 4.69) is 15.3 Å². The van der Waals surface area contributed by atoms with Crippen LogP contribution >= 0.6 is 0 Å². The van der Waals surface area contributed by atoms with E-state index < -0.39 is 45.5 Å². The number of nitrogens with zero attached hydrogens (tertiary/aromatic N) is 3. The molecule has 1 atom stereocenters. The van der Waals surface area contributed by atoms with Gasteiger partial charge >= 0.3 is 6.18 Å². The topological polar surface area (TPSA) is 92.3 Å². The number of carbonyl (C=O) groups excluding carboxylic acids is 1. The molecular formula is C23H19F5N4O3S. The minimum Gasteiger partial charge on any atom is -0.351 e. The molecule has 36 heavy (non-hydrogen) atoms. The van der Waals surface area contributed by atoms with Crippen molar-refractivity contribution in [1.82, 2.24) is 19.6 Å². The highest BCUT2D eigenvalue weighted by molar-refractivity contribution is 7.89. The third kappa shape index (κ3) is 5.51. The van der Waals surface area contributed by atoms with Crippen LogP contribution in [0, 0.1) is 11.6 Å². The first-order valence-electron chi connectivity index (χ1n) is 10.7. The smallest absolute Gasteiger partial charge is 0.351 e. The Balaban J connectivity index is 1.48. The number of carbonyl (C=O) groups is 1. The molecule has 1 aliphatic rings. The molecule has 1 amide bonds. The van der Waals surface area contributed by atoms with Crippen LogP contribution in [0.1, 0.15) is 24.1 Å². The van der Waals surface area contributed by atoms with E-state index in [0.717, 1.165) is 46.9 Å². The number of hydrogen-bond donors (Lipinski definition) is 1. The molecule has 0 bridgehead atoms. The van der Waals surface area contributed by atoms with E-state index in [1.165, 1.54) is 6.07 Å². The number of benzene rings is 2. The number of amides is 1.